The van der Waals surface area contributed by atoms with Crippen LogP contribution in [0.1, 0.15) is 44.9 Å². The molecule has 1 aliphatic heterocycles. The van der Waals surface area contributed by atoms with E-state index in [4.69, 9.17) is 4.74 Å². The van der Waals surface area contributed by atoms with E-state index in [1.165, 1.54) is 24.1 Å². The molecule has 0 bridgehead atoms. The van der Waals surface area contributed by atoms with Crippen molar-refractivity contribution in [1.29, 1.82) is 0 Å². The van der Waals surface area contributed by atoms with Crippen molar-refractivity contribution in [3.63, 3.8) is 0 Å². The number of hydrogen-bond acceptors (Lipinski definition) is 3. The highest BCUT2D eigenvalue weighted by Gasteiger charge is 2.36. The Morgan fingerprint density at radius 1 is 1.23 bits per heavy atom. The van der Waals surface area contributed by atoms with Gasteiger partial charge in [0.2, 0.25) is 0 Å². The van der Waals surface area contributed by atoms with Gasteiger partial charge in [0.1, 0.15) is 5.69 Å². The number of aryl methyl sites for hydroxylation is 1. The largest absolute Gasteiger partial charge is 0.465 e. The number of esters is 1. The summed E-state index contributed by atoms with van der Waals surface area (Å²) in [6.45, 7) is 3.86. The number of aromatic nitrogens is 1. The zero-order chi connectivity index (χ0) is 19.2. The molecule has 1 amide bonds. The number of amides is 1. The number of hydrogen-bond donors (Lipinski definition) is 0. The minimum Gasteiger partial charge on any atom is -0.465 e. The summed E-state index contributed by atoms with van der Waals surface area (Å²) in [5, 5.41) is 0. The van der Waals surface area contributed by atoms with Crippen LogP contribution >= 0.6 is 0 Å². The average Bonchev–Trinajstić information content (AvgIpc) is 2.95. The minimum atomic E-state index is -4.44. The standard InChI is InChI=1S/C18H17F3N2O3/c1-10-8-22-11(2)9-23(16(24)15(22)14(10)17(25)26-3)13-6-4-12(5-7-13)18(19,20)21/h4-8,11H,9H2,1-3H3/t11-/m0/s1. The summed E-state index contributed by atoms with van der Waals surface area (Å²) in [6.07, 6.45) is -2.73. The van der Waals surface area contributed by atoms with Crippen LogP contribution in [0.4, 0.5) is 18.9 Å². The molecule has 26 heavy (non-hydrogen) atoms. The van der Waals surface area contributed by atoms with Crippen molar-refractivity contribution in [2.75, 3.05) is 18.6 Å². The monoisotopic (exact) mass is 366 g/mol. The Hall–Kier alpha value is -2.77. The van der Waals surface area contributed by atoms with Gasteiger partial charge in [0.25, 0.3) is 5.91 Å². The van der Waals surface area contributed by atoms with E-state index >= 15 is 0 Å². The third-order valence-electron chi connectivity index (χ3n) is 4.49. The van der Waals surface area contributed by atoms with Crippen LogP contribution in [0.15, 0.2) is 30.5 Å². The van der Waals surface area contributed by atoms with E-state index in [-0.39, 0.29) is 23.8 Å². The molecule has 5 nitrogen and oxygen atoms in total. The first-order valence-electron chi connectivity index (χ1n) is 7.94. The number of carbonyl (C=O) groups is 2. The third-order valence-corrected chi connectivity index (χ3v) is 4.49. The van der Waals surface area contributed by atoms with Crippen molar-refractivity contribution in [3.05, 3.63) is 52.8 Å². The Morgan fingerprint density at radius 2 is 1.85 bits per heavy atom. The Morgan fingerprint density at radius 3 is 2.38 bits per heavy atom. The molecule has 0 unspecified atom stereocenters. The molecule has 1 aliphatic rings. The Balaban J connectivity index is 2.04. The summed E-state index contributed by atoms with van der Waals surface area (Å²) in [4.78, 5) is 26.4. The fourth-order valence-electron chi connectivity index (χ4n) is 3.19. The number of ether oxygens (including phenoxy) is 1. The van der Waals surface area contributed by atoms with Crippen molar-refractivity contribution < 1.29 is 27.5 Å². The van der Waals surface area contributed by atoms with Crippen molar-refractivity contribution >= 4 is 17.6 Å². The molecule has 3 rings (SSSR count). The number of halogens is 3. The molecule has 0 saturated carbocycles. The first-order valence-corrected chi connectivity index (χ1v) is 7.94. The van der Waals surface area contributed by atoms with E-state index in [2.05, 4.69) is 0 Å². The molecular weight excluding hydrogens is 349 g/mol. The summed E-state index contributed by atoms with van der Waals surface area (Å²) >= 11 is 0. The zero-order valence-electron chi connectivity index (χ0n) is 14.4. The maximum absolute atomic E-state index is 13.0. The summed E-state index contributed by atoms with van der Waals surface area (Å²) < 4.78 is 44.7. The van der Waals surface area contributed by atoms with Crippen molar-refractivity contribution in [3.8, 4) is 0 Å². The lowest BCUT2D eigenvalue weighted by molar-refractivity contribution is -0.137. The molecule has 0 aliphatic carbocycles. The molecule has 0 saturated heterocycles. The second-order valence-electron chi connectivity index (χ2n) is 6.24. The van der Waals surface area contributed by atoms with E-state index in [0.717, 1.165) is 12.1 Å². The highest BCUT2D eigenvalue weighted by atomic mass is 19.4. The number of carbonyl (C=O) groups excluding carboxylic acids is 2. The van der Waals surface area contributed by atoms with Gasteiger partial charge in [0.15, 0.2) is 0 Å². The van der Waals surface area contributed by atoms with Crippen LogP contribution in [0.5, 0.6) is 0 Å². The molecule has 0 spiro atoms. The molecule has 0 radical (unpaired) electrons. The fraction of sp³-hybridized carbons (Fsp3) is 0.333. The predicted octanol–water partition coefficient (Wildman–Crippen LogP) is 3.82. The topological polar surface area (TPSA) is 51.5 Å². The maximum Gasteiger partial charge on any atom is 0.416 e. The fourth-order valence-corrected chi connectivity index (χ4v) is 3.19. The summed E-state index contributed by atoms with van der Waals surface area (Å²) in [6, 6.07) is 4.25. The quantitative estimate of drug-likeness (QED) is 0.759. The van der Waals surface area contributed by atoms with Gasteiger partial charge in [0, 0.05) is 24.5 Å². The molecule has 138 valence electrons. The van der Waals surface area contributed by atoms with E-state index < -0.39 is 23.6 Å². The van der Waals surface area contributed by atoms with Crippen LogP contribution < -0.4 is 4.90 Å². The number of anilines is 1. The summed E-state index contributed by atoms with van der Waals surface area (Å²) in [5.74, 6) is -1.07. The van der Waals surface area contributed by atoms with Crippen LogP contribution in [0.3, 0.4) is 0 Å². The molecule has 1 aromatic heterocycles. The number of nitrogens with zero attached hydrogens (tertiary/aromatic N) is 2. The smallest absolute Gasteiger partial charge is 0.416 e. The first kappa shape index (κ1) is 18.0. The molecular formula is C18H17F3N2O3. The number of methoxy groups -OCH3 is 1. The SMILES string of the molecule is COC(=O)c1c(C)cn2c1C(=O)N(c1ccc(C(F)(F)F)cc1)C[C@@H]2C. The second-order valence-corrected chi connectivity index (χ2v) is 6.24. The number of rotatable bonds is 2. The van der Waals surface area contributed by atoms with Gasteiger partial charge < -0.3 is 14.2 Å². The third kappa shape index (κ3) is 2.85. The van der Waals surface area contributed by atoms with Crippen molar-refractivity contribution in [2.24, 2.45) is 0 Å². The van der Waals surface area contributed by atoms with Gasteiger partial charge in [-0.05, 0) is 43.7 Å². The molecule has 2 aromatic rings. The first-order chi connectivity index (χ1) is 12.1. The Bertz CT molecular complexity index is 869. The molecule has 1 aromatic carbocycles. The lowest BCUT2D eigenvalue weighted by atomic mass is 10.1. The van der Waals surface area contributed by atoms with Gasteiger partial charge in [-0.3, -0.25) is 4.79 Å². The minimum absolute atomic E-state index is 0.151. The molecule has 8 heteroatoms. The van der Waals surface area contributed by atoms with E-state index in [9.17, 15) is 22.8 Å². The van der Waals surface area contributed by atoms with Crippen LogP contribution in [-0.2, 0) is 10.9 Å². The second kappa shape index (κ2) is 6.19. The number of benzene rings is 1. The van der Waals surface area contributed by atoms with Crippen LogP contribution in [0.25, 0.3) is 0 Å². The zero-order valence-corrected chi connectivity index (χ0v) is 14.4. The molecule has 0 N–H and O–H groups in total. The lowest BCUT2D eigenvalue weighted by Gasteiger charge is -2.33. The maximum atomic E-state index is 13.0. The van der Waals surface area contributed by atoms with Crippen LogP contribution in [0, 0.1) is 6.92 Å². The Labute approximate surface area is 148 Å². The van der Waals surface area contributed by atoms with Crippen LogP contribution in [0.2, 0.25) is 0 Å². The van der Waals surface area contributed by atoms with Gasteiger partial charge in [-0.2, -0.15) is 13.2 Å². The molecule has 2 heterocycles. The molecule has 0 fully saturated rings. The summed E-state index contributed by atoms with van der Waals surface area (Å²) in [7, 11) is 1.23. The predicted molar refractivity (Wildman–Crippen MR) is 88.3 cm³/mol. The van der Waals surface area contributed by atoms with E-state index in [0.29, 0.717) is 11.3 Å². The molecule has 1 atom stereocenters. The Kier molecular flexibility index (Phi) is 4.29. The van der Waals surface area contributed by atoms with Crippen molar-refractivity contribution in [2.45, 2.75) is 26.1 Å². The van der Waals surface area contributed by atoms with Gasteiger partial charge in [0.05, 0.1) is 18.2 Å². The number of fused-ring (bicyclic) bond motifs is 1. The lowest BCUT2D eigenvalue weighted by Crippen LogP contribution is -2.42. The van der Waals surface area contributed by atoms with Crippen molar-refractivity contribution in [1.82, 2.24) is 4.57 Å². The van der Waals surface area contributed by atoms with Gasteiger partial charge in [-0.25, -0.2) is 4.79 Å². The number of alkyl halides is 3. The highest BCUT2D eigenvalue weighted by Crippen LogP contribution is 2.34. The van der Waals surface area contributed by atoms with Gasteiger partial charge >= 0.3 is 12.1 Å². The normalized spacial score (nSPS) is 17.2. The van der Waals surface area contributed by atoms with E-state index in [1.54, 1.807) is 17.7 Å². The summed E-state index contributed by atoms with van der Waals surface area (Å²) in [5.41, 5.74) is 0.541. The average molecular weight is 366 g/mol. The van der Waals surface area contributed by atoms with Gasteiger partial charge in [-0.15, -0.1) is 0 Å². The van der Waals surface area contributed by atoms with Gasteiger partial charge in [-0.1, -0.05) is 0 Å². The van der Waals surface area contributed by atoms with E-state index in [1.807, 2.05) is 6.92 Å². The highest BCUT2D eigenvalue weighted by molar-refractivity contribution is 6.12. The van der Waals surface area contributed by atoms with Crippen LogP contribution in [-0.4, -0.2) is 30.1 Å².